The van der Waals surface area contributed by atoms with E-state index < -0.39 is 0 Å². The lowest BCUT2D eigenvalue weighted by molar-refractivity contribution is 0.203. The first kappa shape index (κ1) is 8.24. The van der Waals surface area contributed by atoms with Crippen LogP contribution in [0.3, 0.4) is 0 Å². The van der Waals surface area contributed by atoms with Crippen LogP contribution in [0.2, 0.25) is 0 Å². The van der Waals surface area contributed by atoms with Crippen molar-refractivity contribution in [2.45, 2.75) is 6.42 Å². The van der Waals surface area contributed by atoms with Crippen molar-refractivity contribution in [1.29, 1.82) is 0 Å². The second kappa shape index (κ2) is 7.24. The van der Waals surface area contributed by atoms with Crippen LogP contribution in [0, 0.1) is 0 Å². The molecule has 0 atom stereocenters. The molecule has 52 valence electrons. The molecule has 0 saturated heterocycles. The van der Waals surface area contributed by atoms with Crippen molar-refractivity contribution in [3.63, 3.8) is 0 Å². The van der Waals surface area contributed by atoms with E-state index in [-0.39, 0.29) is 0 Å². The predicted octanol–water partition coefficient (Wildman–Crippen LogP) is 1.70. The first-order chi connectivity index (χ1) is 4.41. The van der Waals surface area contributed by atoms with E-state index in [1.807, 2.05) is 6.08 Å². The summed E-state index contributed by atoms with van der Waals surface area (Å²) < 4.78 is 9.50. The van der Waals surface area contributed by atoms with E-state index in [1.54, 1.807) is 13.4 Å². The van der Waals surface area contributed by atoms with Crippen LogP contribution in [0.15, 0.2) is 25.2 Å². The quantitative estimate of drug-likeness (QED) is 0.414. The van der Waals surface area contributed by atoms with E-state index in [0.717, 1.165) is 13.0 Å². The summed E-state index contributed by atoms with van der Waals surface area (Å²) in [6, 6.07) is 0. The molecule has 0 N–H and O–H groups in total. The summed E-state index contributed by atoms with van der Waals surface area (Å²) in [7, 11) is 1.67. The Morgan fingerprint density at radius 2 is 2.33 bits per heavy atom. The highest BCUT2D eigenvalue weighted by molar-refractivity contribution is 4.74. The van der Waals surface area contributed by atoms with E-state index in [9.17, 15) is 0 Å². The Hall–Kier alpha value is -0.760. The molecule has 0 aromatic carbocycles. The van der Waals surface area contributed by atoms with Crippen molar-refractivity contribution >= 4 is 0 Å². The zero-order valence-electron chi connectivity index (χ0n) is 5.67. The molecule has 0 spiro atoms. The number of ether oxygens (including phenoxy) is 2. The van der Waals surface area contributed by atoms with Gasteiger partial charge in [-0.2, -0.15) is 0 Å². The average Bonchev–Trinajstić information content (AvgIpc) is 1.89. The second-order valence-electron chi connectivity index (χ2n) is 1.46. The van der Waals surface area contributed by atoms with Gasteiger partial charge in [0.2, 0.25) is 0 Å². The number of hydrogen-bond donors (Lipinski definition) is 0. The third-order valence-electron chi connectivity index (χ3n) is 0.760. The van der Waals surface area contributed by atoms with Crippen LogP contribution in [-0.2, 0) is 9.47 Å². The monoisotopic (exact) mass is 128 g/mol. The molecule has 0 aromatic rings. The largest absolute Gasteiger partial charge is 0.474 e. The molecule has 0 rings (SSSR count). The molecule has 0 bridgehead atoms. The van der Waals surface area contributed by atoms with Gasteiger partial charge in [-0.1, -0.05) is 6.58 Å². The summed E-state index contributed by atoms with van der Waals surface area (Å²) in [5.41, 5.74) is 0. The van der Waals surface area contributed by atoms with Gasteiger partial charge in [0.25, 0.3) is 0 Å². The fourth-order valence-corrected chi connectivity index (χ4v) is 0.365. The van der Waals surface area contributed by atoms with Crippen molar-refractivity contribution in [3.05, 3.63) is 25.2 Å². The van der Waals surface area contributed by atoms with E-state index >= 15 is 0 Å². The lowest BCUT2D eigenvalue weighted by atomic mass is 10.4. The minimum Gasteiger partial charge on any atom is -0.474 e. The first-order valence-electron chi connectivity index (χ1n) is 2.82. The Labute approximate surface area is 55.8 Å². The van der Waals surface area contributed by atoms with Gasteiger partial charge in [-0.15, -0.1) is 0 Å². The Balaban J connectivity index is 2.94. The van der Waals surface area contributed by atoms with Gasteiger partial charge in [0.05, 0.1) is 12.5 Å². The van der Waals surface area contributed by atoms with Crippen LogP contribution >= 0.6 is 0 Å². The normalized spacial score (nSPS) is 9.89. The minimum atomic E-state index is 0.733. The van der Waals surface area contributed by atoms with Gasteiger partial charge in [-0.05, 0) is 12.5 Å². The third kappa shape index (κ3) is 7.24. The lowest BCUT2D eigenvalue weighted by Crippen LogP contribution is -1.83. The molecule has 0 amide bonds. The summed E-state index contributed by atoms with van der Waals surface area (Å²) in [4.78, 5) is 0. The summed E-state index contributed by atoms with van der Waals surface area (Å²) >= 11 is 0. The lowest BCUT2D eigenvalue weighted by Gasteiger charge is -1.90. The molecule has 2 heteroatoms. The standard InChI is InChI=1S/C7H12O2/c1-3-9-7-5-4-6-8-2/h3,5,7H,1,4,6H2,2H3. The van der Waals surface area contributed by atoms with E-state index in [2.05, 4.69) is 6.58 Å². The first-order valence-corrected chi connectivity index (χ1v) is 2.82. The van der Waals surface area contributed by atoms with E-state index in [1.165, 1.54) is 6.26 Å². The van der Waals surface area contributed by atoms with Crippen LogP contribution in [0.25, 0.3) is 0 Å². The Morgan fingerprint density at radius 3 is 2.89 bits per heavy atom. The summed E-state index contributed by atoms with van der Waals surface area (Å²) in [6.45, 7) is 4.11. The number of hydrogen-bond acceptors (Lipinski definition) is 2. The van der Waals surface area contributed by atoms with Crippen molar-refractivity contribution in [1.82, 2.24) is 0 Å². The van der Waals surface area contributed by atoms with Crippen molar-refractivity contribution in [2.75, 3.05) is 13.7 Å². The molecular formula is C7H12O2. The molecule has 0 aliphatic rings. The van der Waals surface area contributed by atoms with Gasteiger partial charge in [-0.25, -0.2) is 0 Å². The molecule has 2 nitrogen and oxygen atoms in total. The van der Waals surface area contributed by atoms with Gasteiger partial charge in [-0.3, -0.25) is 0 Å². The predicted molar refractivity (Wildman–Crippen MR) is 36.9 cm³/mol. The second-order valence-corrected chi connectivity index (χ2v) is 1.46. The summed E-state index contributed by atoms with van der Waals surface area (Å²) in [5.74, 6) is 0. The molecule has 0 heterocycles. The van der Waals surface area contributed by atoms with Crippen LogP contribution in [0.4, 0.5) is 0 Å². The molecule has 0 aliphatic heterocycles. The third-order valence-corrected chi connectivity index (χ3v) is 0.760. The summed E-state index contributed by atoms with van der Waals surface area (Å²) in [5, 5.41) is 0. The zero-order valence-corrected chi connectivity index (χ0v) is 5.67. The maximum Gasteiger partial charge on any atom is 0.0862 e. The van der Waals surface area contributed by atoms with Crippen molar-refractivity contribution in [2.24, 2.45) is 0 Å². The highest BCUT2D eigenvalue weighted by Crippen LogP contribution is 1.84. The smallest absolute Gasteiger partial charge is 0.0862 e. The molecule has 0 aliphatic carbocycles. The molecule has 0 unspecified atom stereocenters. The summed E-state index contributed by atoms with van der Waals surface area (Å²) in [6.07, 6.45) is 5.73. The molecule has 0 fully saturated rings. The number of methoxy groups -OCH3 is 1. The Morgan fingerprint density at radius 1 is 1.56 bits per heavy atom. The SMILES string of the molecule is C=COC=CCCOC. The number of rotatable bonds is 5. The molecular weight excluding hydrogens is 116 g/mol. The molecule has 0 saturated carbocycles. The average molecular weight is 128 g/mol. The van der Waals surface area contributed by atoms with Gasteiger partial charge < -0.3 is 9.47 Å². The Bertz CT molecular complexity index is 86.9. The fraction of sp³-hybridized carbons (Fsp3) is 0.429. The van der Waals surface area contributed by atoms with Crippen LogP contribution < -0.4 is 0 Å². The maximum absolute atomic E-state index is 4.79. The zero-order chi connectivity index (χ0) is 6.95. The van der Waals surface area contributed by atoms with Gasteiger partial charge >= 0.3 is 0 Å². The van der Waals surface area contributed by atoms with Gasteiger partial charge in [0.1, 0.15) is 0 Å². The van der Waals surface area contributed by atoms with Crippen LogP contribution in [0.1, 0.15) is 6.42 Å². The van der Waals surface area contributed by atoms with Crippen molar-refractivity contribution in [3.8, 4) is 0 Å². The van der Waals surface area contributed by atoms with E-state index in [0.29, 0.717) is 0 Å². The van der Waals surface area contributed by atoms with Crippen LogP contribution in [0.5, 0.6) is 0 Å². The molecule has 0 radical (unpaired) electrons. The minimum absolute atomic E-state index is 0.733. The van der Waals surface area contributed by atoms with E-state index in [4.69, 9.17) is 9.47 Å². The van der Waals surface area contributed by atoms with Crippen LogP contribution in [-0.4, -0.2) is 13.7 Å². The van der Waals surface area contributed by atoms with Crippen molar-refractivity contribution < 1.29 is 9.47 Å². The van der Waals surface area contributed by atoms with Gasteiger partial charge in [0.15, 0.2) is 0 Å². The topological polar surface area (TPSA) is 18.5 Å². The maximum atomic E-state index is 4.79. The Kier molecular flexibility index (Phi) is 6.63. The fourth-order valence-electron chi connectivity index (χ4n) is 0.365. The van der Waals surface area contributed by atoms with Gasteiger partial charge in [0, 0.05) is 13.7 Å². The highest BCUT2D eigenvalue weighted by Gasteiger charge is 1.74. The molecule has 0 aromatic heterocycles. The highest BCUT2D eigenvalue weighted by atomic mass is 16.5. The molecule has 9 heavy (non-hydrogen) atoms.